The predicted octanol–water partition coefficient (Wildman–Crippen LogP) is 2.26. The van der Waals surface area contributed by atoms with E-state index in [0.717, 1.165) is 19.3 Å². The summed E-state index contributed by atoms with van der Waals surface area (Å²) in [6.45, 7) is 10.8. The summed E-state index contributed by atoms with van der Waals surface area (Å²) in [6.07, 6.45) is 4.14. The van der Waals surface area contributed by atoms with Gasteiger partial charge in [-0.05, 0) is 33.6 Å². The van der Waals surface area contributed by atoms with Crippen LogP contribution in [0.25, 0.3) is 0 Å². The molecule has 0 aromatic carbocycles. The predicted molar refractivity (Wildman–Crippen MR) is 70.4 cm³/mol. The normalized spacial score (nSPS) is 28.2. The smallest absolute Gasteiger partial charge is 0.163 e. The Balaban J connectivity index is 2.50. The van der Waals surface area contributed by atoms with Crippen LogP contribution in [0.1, 0.15) is 40.0 Å². The summed E-state index contributed by atoms with van der Waals surface area (Å²) in [5, 5.41) is 8.92. The number of ether oxygens (including phenoxy) is 3. The Labute approximate surface area is 110 Å². The number of aliphatic hydroxyl groups is 1. The molecular weight excluding hydrogens is 232 g/mol. The zero-order valence-corrected chi connectivity index (χ0v) is 11.8. The number of hydrogen-bond donors (Lipinski definition) is 1. The van der Waals surface area contributed by atoms with E-state index in [1.807, 2.05) is 20.8 Å². The molecule has 0 spiro atoms. The molecule has 0 saturated carbocycles. The van der Waals surface area contributed by atoms with Gasteiger partial charge in [0.15, 0.2) is 5.79 Å². The van der Waals surface area contributed by atoms with Crippen LogP contribution in [0.5, 0.6) is 0 Å². The maximum absolute atomic E-state index is 8.92. The Bertz CT molecular complexity index is 265. The van der Waals surface area contributed by atoms with Crippen molar-refractivity contribution in [3.05, 3.63) is 12.7 Å². The molecule has 1 aliphatic heterocycles. The monoisotopic (exact) mass is 258 g/mol. The molecule has 1 saturated heterocycles. The van der Waals surface area contributed by atoms with Gasteiger partial charge >= 0.3 is 0 Å². The van der Waals surface area contributed by atoms with Gasteiger partial charge in [-0.1, -0.05) is 6.08 Å². The van der Waals surface area contributed by atoms with Crippen molar-refractivity contribution in [3.63, 3.8) is 0 Å². The lowest BCUT2D eigenvalue weighted by molar-refractivity contribution is -0.164. The summed E-state index contributed by atoms with van der Waals surface area (Å²) in [6, 6.07) is 0. The highest BCUT2D eigenvalue weighted by Crippen LogP contribution is 2.35. The summed E-state index contributed by atoms with van der Waals surface area (Å²) >= 11 is 0. The topological polar surface area (TPSA) is 47.9 Å². The van der Waals surface area contributed by atoms with Crippen LogP contribution in [0.2, 0.25) is 0 Å². The first-order valence-electron chi connectivity index (χ1n) is 6.58. The van der Waals surface area contributed by atoms with Crippen molar-refractivity contribution in [2.24, 2.45) is 0 Å². The van der Waals surface area contributed by atoms with Gasteiger partial charge in [-0.25, -0.2) is 0 Å². The van der Waals surface area contributed by atoms with Crippen LogP contribution in [0, 0.1) is 0 Å². The Morgan fingerprint density at radius 3 is 2.67 bits per heavy atom. The molecule has 1 rings (SSSR count). The third-order valence-electron chi connectivity index (χ3n) is 3.01. The molecule has 2 atom stereocenters. The van der Waals surface area contributed by atoms with E-state index in [0.29, 0.717) is 13.2 Å². The molecule has 4 nitrogen and oxygen atoms in total. The van der Waals surface area contributed by atoms with Crippen molar-refractivity contribution in [2.45, 2.75) is 57.5 Å². The van der Waals surface area contributed by atoms with E-state index < -0.39 is 5.79 Å². The fourth-order valence-corrected chi connectivity index (χ4v) is 2.33. The van der Waals surface area contributed by atoms with Crippen LogP contribution in [-0.2, 0) is 14.2 Å². The lowest BCUT2D eigenvalue weighted by Crippen LogP contribution is -2.36. The van der Waals surface area contributed by atoms with Gasteiger partial charge in [-0.2, -0.15) is 0 Å². The molecule has 4 heteroatoms. The van der Waals surface area contributed by atoms with Crippen molar-refractivity contribution in [1.29, 1.82) is 0 Å². The molecule has 106 valence electrons. The molecule has 0 aliphatic carbocycles. The highest BCUT2D eigenvalue weighted by Gasteiger charge is 2.43. The summed E-state index contributed by atoms with van der Waals surface area (Å²) < 4.78 is 17.3. The third-order valence-corrected chi connectivity index (χ3v) is 3.01. The van der Waals surface area contributed by atoms with Gasteiger partial charge in [-0.3, -0.25) is 0 Å². The maximum atomic E-state index is 8.92. The zero-order valence-electron chi connectivity index (χ0n) is 11.8. The largest absolute Gasteiger partial charge is 0.396 e. The first-order valence-corrected chi connectivity index (χ1v) is 6.58. The molecule has 0 amide bonds. The van der Waals surface area contributed by atoms with E-state index in [1.165, 1.54) is 0 Å². The highest BCUT2D eigenvalue weighted by atomic mass is 16.8. The Morgan fingerprint density at radius 2 is 2.17 bits per heavy atom. The van der Waals surface area contributed by atoms with Crippen LogP contribution < -0.4 is 0 Å². The van der Waals surface area contributed by atoms with Gasteiger partial charge in [0.1, 0.15) is 0 Å². The fourth-order valence-electron chi connectivity index (χ4n) is 2.33. The first-order chi connectivity index (χ1) is 8.41. The van der Waals surface area contributed by atoms with Gasteiger partial charge in [0, 0.05) is 13.0 Å². The molecule has 0 unspecified atom stereocenters. The summed E-state index contributed by atoms with van der Waals surface area (Å²) in [5.74, 6) is -0.519. The van der Waals surface area contributed by atoms with Gasteiger partial charge in [0.2, 0.25) is 0 Å². The van der Waals surface area contributed by atoms with E-state index in [2.05, 4.69) is 6.58 Å². The van der Waals surface area contributed by atoms with Crippen LogP contribution in [0.3, 0.4) is 0 Å². The molecular formula is C14H26O4. The average molecular weight is 258 g/mol. The van der Waals surface area contributed by atoms with Crippen LogP contribution in [0.4, 0.5) is 0 Å². The molecule has 1 aliphatic rings. The van der Waals surface area contributed by atoms with E-state index in [4.69, 9.17) is 19.3 Å². The molecule has 0 radical (unpaired) electrons. The maximum Gasteiger partial charge on any atom is 0.163 e. The fraction of sp³-hybridized carbons (Fsp3) is 0.857. The molecule has 1 N–H and O–H groups in total. The highest BCUT2D eigenvalue weighted by molar-refractivity contribution is 4.86. The van der Waals surface area contributed by atoms with Crippen molar-refractivity contribution in [3.8, 4) is 0 Å². The van der Waals surface area contributed by atoms with Crippen LogP contribution in [0.15, 0.2) is 12.7 Å². The van der Waals surface area contributed by atoms with Gasteiger partial charge in [0.25, 0.3) is 0 Å². The van der Waals surface area contributed by atoms with Crippen LogP contribution >= 0.6 is 0 Å². The minimum absolute atomic E-state index is 0.0673. The summed E-state index contributed by atoms with van der Waals surface area (Å²) in [7, 11) is 0. The quantitative estimate of drug-likeness (QED) is 0.678. The van der Waals surface area contributed by atoms with E-state index >= 15 is 0 Å². The average Bonchev–Trinajstić information content (AvgIpc) is 2.57. The van der Waals surface area contributed by atoms with Crippen LogP contribution in [-0.4, -0.2) is 42.4 Å². The molecule has 0 bridgehead atoms. The third kappa shape index (κ3) is 5.06. The lowest BCUT2D eigenvalue weighted by Gasteiger charge is -2.29. The Hall–Kier alpha value is -0.420. The Kier molecular flexibility index (Phi) is 5.79. The lowest BCUT2D eigenvalue weighted by atomic mass is 9.96. The van der Waals surface area contributed by atoms with Crippen molar-refractivity contribution in [1.82, 2.24) is 0 Å². The number of aliphatic hydroxyl groups excluding tert-OH is 1. The van der Waals surface area contributed by atoms with E-state index in [-0.39, 0.29) is 18.3 Å². The minimum atomic E-state index is -0.519. The van der Waals surface area contributed by atoms with Gasteiger partial charge in [-0.15, -0.1) is 6.58 Å². The molecule has 0 aromatic rings. The minimum Gasteiger partial charge on any atom is -0.396 e. The van der Waals surface area contributed by atoms with Crippen molar-refractivity contribution < 1.29 is 19.3 Å². The second kappa shape index (κ2) is 6.66. The standard InChI is InChI=1S/C14H26O4/c1-5-9-16-12(7-6-8-15)10-14(4)11-17-13(2,3)18-14/h5,12,15H,1,6-11H2,2-4H3/t12-,14+/m0/s1. The van der Waals surface area contributed by atoms with Gasteiger partial charge in [0.05, 0.1) is 24.9 Å². The SMILES string of the molecule is C=CCO[C@@H](CCCO)C[C@]1(C)COC(C)(C)O1. The van der Waals surface area contributed by atoms with Crippen molar-refractivity contribution >= 4 is 0 Å². The molecule has 1 heterocycles. The number of hydrogen-bond acceptors (Lipinski definition) is 4. The molecule has 18 heavy (non-hydrogen) atoms. The second-order valence-electron chi connectivity index (χ2n) is 5.55. The summed E-state index contributed by atoms with van der Waals surface area (Å²) in [5.41, 5.74) is -0.315. The second-order valence-corrected chi connectivity index (χ2v) is 5.55. The number of rotatable bonds is 8. The molecule has 1 fully saturated rings. The van der Waals surface area contributed by atoms with Crippen molar-refractivity contribution in [2.75, 3.05) is 19.8 Å². The van der Waals surface area contributed by atoms with E-state index in [9.17, 15) is 0 Å². The molecule has 0 aromatic heterocycles. The Morgan fingerprint density at radius 1 is 1.44 bits per heavy atom. The van der Waals surface area contributed by atoms with E-state index in [1.54, 1.807) is 6.08 Å². The van der Waals surface area contributed by atoms with Gasteiger partial charge < -0.3 is 19.3 Å². The summed E-state index contributed by atoms with van der Waals surface area (Å²) in [4.78, 5) is 0. The first kappa shape index (κ1) is 15.6. The zero-order chi connectivity index (χ0) is 13.6.